The van der Waals surface area contributed by atoms with E-state index >= 15 is 0 Å². The summed E-state index contributed by atoms with van der Waals surface area (Å²) in [6.45, 7) is 4.00. The minimum absolute atomic E-state index is 0.143. The number of unbranched alkanes of at least 4 members (excludes halogenated alkanes) is 1. The molecule has 0 bridgehead atoms. The van der Waals surface area contributed by atoms with Crippen LogP contribution in [0.4, 0.5) is 11.4 Å². The molecule has 6 heteroatoms. The summed E-state index contributed by atoms with van der Waals surface area (Å²) >= 11 is 0. The van der Waals surface area contributed by atoms with Gasteiger partial charge in [-0.2, -0.15) is 0 Å². The van der Waals surface area contributed by atoms with Crippen molar-refractivity contribution < 1.29 is 14.3 Å². The van der Waals surface area contributed by atoms with Crippen LogP contribution in [-0.2, 0) is 4.79 Å². The third kappa shape index (κ3) is 3.26. The fourth-order valence-electron chi connectivity index (χ4n) is 2.19. The van der Waals surface area contributed by atoms with E-state index in [-0.39, 0.29) is 12.5 Å². The molecule has 0 saturated carbocycles. The van der Waals surface area contributed by atoms with E-state index in [1.54, 1.807) is 6.07 Å². The number of benzene rings is 1. The van der Waals surface area contributed by atoms with E-state index in [0.717, 1.165) is 25.1 Å². The topological polar surface area (TPSA) is 90.8 Å². The van der Waals surface area contributed by atoms with Gasteiger partial charge in [0.25, 0.3) is 0 Å². The number of rotatable bonds is 6. The van der Waals surface area contributed by atoms with Crippen LogP contribution in [0.1, 0.15) is 19.8 Å². The first kappa shape index (κ1) is 14.3. The molecule has 1 aliphatic rings. The summed E-state index contributed by atoms with van der Waals surface area (Å²) in [4.78, 5) is 13.1. The van der Waals surface area contributed by atoms with Crippen LogP contribution in [0.5, 0.6) is 11.5 Å². The van der Waals surface area contributed by atoms with Crippen molar-refractivity contribution in [1.82, 2.24) is 0 Å². The van der Waals surface area contributed by atoms with Gasteiger partial charge in [-0.1, -0.05) is 13.3 Å². The molecule has 1 heterocycles. The van der Waals surface area contributed by atoms with Gasteiger partial charge < -0.3 is 25.8 Å². The molecular formula is C14H21N3O3. The first-order chi connectivity index (χ1) is 9.61. The lowest BCUT2D eigenvalue weighted by atomic mass is 10.2. The second-order valence-corrected chi connectivity index (χ2v) is 4.80. The van der Waals surface area contributed by atoms with Crippen LogP contribution in [0, 0.1) is 0 Å². The summed E-state index contributed by atoms with van der Waals surface area (Å²) in [5.41, 5.74) is 12.7. The van der Waals surface area contributed by atoms with Gasteiger partial charge in [0, 0.05) is 18.7 Å². The number of carbonyl (C=O) groups is 1. The first-order valence-electron chi connectivity index (χ1n) is 6.84. The number of primary amides is 1. The van der Waals surface area contributed by atoms with Crippen LogP contribution < -0.4 is 25.8 Å². The Bertz CT molecular complexity index is 491. The number of nitrogen functional groups attached to an aromatic ring is 1. The SMILES string of the molecule is CCCCN(CC(N)=O)c1cc2c(cc1N)OCCO2. The molecule has 0 radical (unpaired) electrons. The number of carbonyl (C=O) groups excluding carboxylic acids is 1. The molecular weight excluding hydrogens is 258 g/mol. The number of fused-ring (bicyclic) bond motifs is 1. The molecule has 0 unspecified atom stereocenters. The van der Waals surface area contributed by atoms with Gasteiger partial charge in [0.15, 0.2) is 11.5 Å². The number of anilines is 2. The summed E-state index contributed by atoms with van der Waals surface area (Å²) in [6.07, 6.45) is 1.99. The molecule has 4 N–H and O–H groups in total. The van der Waals surface area contributed by atoms with Crippen molar-refractivity contribution in [3.05, 3.63) is 12.1 Å². The molecule has 1 amide bonds. The van der Waals surface area contributed by atoms with Crippen molar-refractivity contribution in [2.45, 2.75) is 19.8 Å². The van der Waals surface area contributed by atoms with Gasteiger partial charge in [-0.3, -0.25) is 4.79 Å². The van der Waals surface area contributed by atoms with Crippen LogP contribution in [-0.4, -0.2) is 32.2 Å². The number of nitrogens with zero attached hydrogens (tertiary/aromatic N) is 1. The van der Waals surface area contributed by atoms with E-state index in [1.165, 1.54) is 0 Å². The van der Waals surface area contributed by atoms with Gasteiger partial charge in [-0.05, 0) is 6.42 Å². The Labute approximate surface area is 118 Å². The van der Waals surface area contributed by atoms with Crippen LogP contribution >= 0.6 is 0 Å². The summed E-state index contributed by atoms with van der Waals surface area (Å²) < 4.78 is 11.0. The minimum atomic E-state index is -0.379. The highest BCUT2D eigenvalue weighted by molar-refractivity contribution is 5.82. The third-order valence-electron chi connectivity index (χ3n) is 3.16. The molecule has 6 nitrogen and oxygen atoms in total. The number of nitrogens with two attached hydrogens (primary N) is 2. The predicted molar refractivity (Wildman–Crippen MR) is 78.2 cm³/mol. The Kier molecular flexibility index (Phi) is 4.55. The molecule has 1 aromatic rings. The second-order valence-electron chi connectivity index (χ2n) is 4.80. The molecule has 1 aromatic carbocycles. The number of hydrogen-bond donors (Lipinski definition) is 2. The fourth-order valence-corrected chi connectivity index (χ4v) is 2.19. The van der Waals surface area contributed by atoms with Gasteiger partial charge in [0.2, 0.25) is 5.91 Å². The lowest BCUT2D eigenvalue weighted by molar-refractivity contribution is -0.116. The van der Waals surface area contributed by atoms with Crippen molar-refractivity contribution in [2.24, 2.45) is 5.73 Å². The summed E-state index contributed by atoms with van der Waals surface area (Å²) in [7, 11) is 0. The zero-order chi connectivity index (χ0) is 14.5. The molecule has 0 aliphatic carbocycles. The predicted octanol–water partition coefficient (Wildman–Crippen LogP) is 1.13. The van der Waals surface area contributed by atoms with Crippen LogP contribution in [0.2, 0.25) is 0 Å². The lowest BCUT2D eigenvalue weighted by Crippen LogP contribution is -2.35. The Balaban J connectivity index is 2.28. The molecule has 0 saturated heterocycles. The van der Waals surface area contributed by atoms with E-state index in [0.29, 0.717) is 30.4 Å². The van der Waals surface area contributed by atoms with Gasteiger partial charge >= 0.3 is 0 Å². The van der Waals surface area contributed by atoms with E-state index < -0.39 is 0 Å². The van der Waals surface area contributed by atoms with Crippen LogP contribution in [0.3, 0.4) is 0 Å². The maximum absolute atomic E-state index is 11.2. The Hall–Kier alpha value is -2.11. The number of amides is 1. The molecule has 1 aliphatic heterocycles. The van der Waals surface area contributed by atoms with Crippen molar-refractivity contribution >= 4 is 17.3 Å². The zero-order valence-corrected chi connectivity index (χ0v) is 11.7. The Morgan fingerprint density at radius 1 is 1.30 bits per heavy atom. The van der Waals surface area contributed by atoms with Gasteiger partial charge in [-0.15, -0.1) is 0 Å². The number of hydrogen-bond acceptors (Lipinski definition) is 5. The summed E-state index contributed by atoms with van der Waals surface area (Å²) in [6, 6.07) is 3.56. The van der Waals surface area contributed by atoms with E-state index in [1.807, 2.05) is 11.0 Å². The summed E-state index contributed by atoms with van der Waals surface area (Å²) in [5.74, 6) is 0.925. The normalized spacial score (nSPS) is 13.1. The molecule has 0 fully saturated rings. The van der Waals surface area contributed by atoms with Gasteiger partial charge in [-0.25, -0.2) is 0 Å². The highest BCUT2D eigenvalue weighted by atomic mass is 16.6. The average molecular weight is 279 g/mol. The maximum Gasteiger partial charge on any atom is 0.236 e. The molecule has 20 heavy (non-hydrogen) atoms. The third-order valence-corrected chi connectivity index (χ3v) is 3.16. The van der Waals surface area contributed by atoms with Crippen molar-refractivity contribution in [3.8, 4) is 11.5 Å². The minimum Gasteiger partial charge on any atom is -0.486 e. The standard InChI is InChI=1S/C14H21N3O3/c1-2-3-4-17(9-14(16)18)11-8-13-12(7-10(11)15)19-5-6-20-13/h7-8H,2-6,9,15H2,1H3,(H2,16,18). The molecule has 110 valence electrons. The molecule has 0 spiro atoms. The van der Waals surface area contributed by atoms with E-state index in [2.05, 4.69) is 6.92 Å². The monoisotopic (exact) mass is 279 g/mol. The summed E-state index contributed by atoms with van der Waals surface area (Å²) in [5, 5.41) is 0. The second kappa shape index (κ2) is 6.36. The number of ether oxygens (including phenoxy) is 2. The largest absolute Gasteiger partial charge is 0.486 e. The zero-order valence-electron chi connectivity index (χ0n) is 11.7. The Morgan fingerprint density at radius 3 is 2.55 bits per heavy atom. The van der Waals surface area contributed by atoms with Crippen molar-refractivity contribution in [2.75, 3.05) is 36.9 Å². The van der Waals surface area contributed by atoms with Gasteiger partial charge in [0.1, 0.15) is 13.2 Å². The maximum atomic E-state index is 11.2. The molecule has 2 rings (SSSR count). The molecule has 0 aromatic heterocycles. The van der Waals surface area contributed by atoms with Gasteiger partial charge in [0.05, 0.1) is 17.9 Å². The lowest BCUT2D eigenvalue weighted by Gasteiger charge is -2.27. The van der Waals surface area contributed by atoms with Crippen LogP contribution in [0.15, 0.2) is 12.1 Å². The van der Waals surface area contributed by atoms with Crippen molar-refractivity contribution in [3.63, 3.8) is 0 Å². The van der Waals surface area contributed by atoms with E-state index in [4.69, 9.17) is 20.9 Å². The average Bonchev–Trinajstić information content (AvgIpc) is 2.42. The van der Waals surface area contributed by atoms with Crippen molar-refractivity contribution in [1.29, 1.82) is 0 Å². The Morgan fingerprint density at radius 2 is 1.95 bits per heavy atom. The molecule has 0 atom stereocenters. The highest BCUT2D eigenvalue weighted by Crippen LogP contribution is 2.38. The van der Waals surface area contributed by atoms with E-state index in [9.17, 15) is 4.79 Å². The smallest absolute Gasteiger partial charge is 0.236 e. The fraction of sp³-hybridized carbons (Fsp3) is 0.500. The van der Waals surface area contributed by atoms with Crippen LogP contribution in [0.25, 0.3) is 0 Å². The highest BCUT2D eigenvalue weighted by Gasteiger charge is 2.19. The quantitative estimate of drug-likeness (QED) is 0.762. The first-order valence-corrected chi connectivity index (χ1v) is 6.84.